The molecule has 1 saturated heterocycles. The number of nitrogens with zero attached hydrogens (tertiary/aromatic N) is 1. The van der Waals surface area contributed by atoms with Gasteiger partial charge in [0.2, 0.25) is 0 Å². The van der Waals surface area contributed by atoms with Crippen molar-refractivity contribution in [2.45, 2.75) is 32.7 Å². The Morgan fingerprint density at radius 1 is 1.33 bits per heavy atom. The van der Waals surface area contributed by atoms with E-state index in [0.717, 1.165) is 12.0 Å². The molecule has 1 heteroatoms. The summed E-state index contributed by atoms with van der Waals surface area (Å²) in [6, 6.07) is 0.814. The summed E-state index contributed by atoms with van der Waals surface area (Å²) >= 11 is 0. The number of rotatable bonds is 0. The normalized spacial score (nSPS) is 39.0. The van der Waals surface area contributed by atoms with Gasteiger partial charge in [0, 0.05) is 6.04 Å². The minimum Gasteiger partial charge on any atom is -0.304 e. The second-order valence-corrected chi connectivity index (χ2v) is 3.46. The molecular weight excluding hydrogens is 110 g/mol. The molecule has 1 unspecified atom stereocenters. The molecule has 1 heterocycles. The second kappa shape index (κ2) is 2.70. The summed E-state index contributed by atoms with van der Waals surface area (Å²) in [5, 5.41) is 0. The average molecular weight is 127 g/mol. The van der Waals surface area contributed by atoms with Crippen molar-refractivity contribution in [3.63, 3.8) is 0 Å². The topological polar surface area (TPSA) is 3.24 Å². The third-order valence-corrected chi connectivity index (χ3v) is 2.47. The van der Waals surface area contributed by atoms with Crippen LogP contribution in [-0.4, -0.2) is 24.5 Å². The molecule has 0 amide bonds. The first-order valence-electron chi connectivity index (χ1n) is 3.90. The molecule has 0 saturated carbocycles. The molecule has 0 aromatic heterocycles. The number of hydrogen-bond donors (Lipinski definition) is 0. The van der Waals surface area contributed by atoms with Gasteiger partial charge in [0.05, 0.1) is 0 Å². The molecule has 1 fully saturated rings. The van der Waals surface area contributed by atoms with Crippen LogP contribution in [0.5, 0.6) is 0 Å². The van der Waals surface area contributed by atoms with Crippen molar-refractivity contribution < 1.29 is 0 Å². The first-order chi connectivity index (χ1) is 4.20. The third kappa shape index (κ3) is 1.68. The lowest BCUT2D eigenvalue weighted by molar-refractivity contribution is 0.162. The molecule has 1 aliphatic heterocycles. The predicted molar refractivity (Wildman–Crippen MR) is 40.5 cm³/mol. The van der Waals surface area contributed by atoms with Gasteiger partial charge in [-0.05, 0) is 39.3 Å². The lowest BCUT2D eigenvalue weighted by Crippen LogP contribution is -2.36. The quantitative estimate of drug-likeness (QED) is 0.479. The summed E-state index contributed by atoms with van der Waals surface area (Å²) in [6.45, 7) is 5.96. The van der Waals surface area contributed by atoms with Crippen LogP contribution in [0.3, 0.4) is 0 Å². The lowest BCUT2D eigenvalue weighted by atomic mass is 9.94. The van der Waals surface area contributed by atoms with Gasteiger partial charge in [-0.2, -0.15) is 0 Å². The van der Waals surface area contributed by atoms with Gasteiger partial charge in [-0.25, -0.2) is 0 Å². The van der Waals surface area contributed by atoms with Crippen LogP contribution < -0.4 is 0 Å². The van der Waals surface area contributed by atoms with E-state index < -0.39 is 0 Å². The smallest absolute Gasteiger partial charge is 0.00664 e. The Morgan fingerprint density at radius 2 is 2.00 bits per heavy atom. The fourth-order valence-electron chi connectivity index (χ4n) is 1.52. The van der Waals surface area contributed by atoms with Crippen LogP contribution in [0.15, 0.2) is 0 Å². The molecule has 1 nitrogen and oxygen atoms in total. The number of piperidine rings is 1. The zero-order valence-electron chi connectivity index (χ0n) is 6.72. The van der Waals surface area contributed by atoms with Gasteiger partial charge in [0.1, 0.15) is 0 Å². The van der Waals surface area contributed by atoms with E-state index in [1.54, 1.807) is 0 Å². The van der Waals surface area contributed by atoms with Crippen molar-refractivity contribution in [3.8, 4) is 0 Å². The lowest BCUT2D eigenvalue weighted by Gasteiger charge is -2.33. The summed E-state index contributed by atoms with van der Waals surface area (Å²) in [5.41, 5.74) is 0. The first-order valence-corrected chi connectivity index (χ1v) is 3.90. The minimum absolute atomic E-state index is 0.814. The van der Waals surface area contributed by atoms with Crippen LogP contribution in [0.1, 0.15) is 26.7 Å². The van der Waals surface area contributed by atoms with Crippen LogP contribution in [0.4, 0.5) is 0 Å². The third-order valence-electron chi connectivity index (χ3n) is 2.47. The van der Waals surface area contributed by atoms with Gasteiger partial charge in [-0.15, -0.1) is 0 Å². The summed E-state index contributed by atoms with van der Waals surface area (Å²) in [6.07, 6.45) is 2.78. The Kier molecular flexibility index (Phi) is 2.12. The van der Waals surface area contributed by atoms with Crippen molar-refractivity contribution in [3.05, 3.63) is 0 Å². The molecule has 0 aromatic carbocycles. The highest BCUT2D eigenvalue weighted by atomic mass is 15.1. The summed E-state index contributed by atoms with van der Waals surface area (Å²) in [5.74, 6) is 0.955. The van der Waals surface area contributed by atoms with Gasteiger partial charge < -0.3 is 4.90 Å². The van der Waals surface area contributed by atoms with E-state index in [4.69, 9.17) is 0 Å². The Morgan fingerprint density at radius 3 is 2.44 bits per heavy atom. The molecule has 1 aliphatic rings. The molecule has 0 N–H and O–H groups in total. The monoisotopic (exact) mass is 127 g/mol. The Balaban J connectivity index is 2.35. The molecule has 0 aromatic rings. The highest BCUT2D eigenvalue weighted by molar-refractivity contribution is 4.73. The van der Waals surface area contributed by atoms with Gasteiger partial charge in [0.15, 0.2) is 0 Å². The zero-order valence-corrected chi connectivity index (χ0v) is 6.72. The predicted octanol–water partition coefficient (Wildman–Crippen LogP) is 1.74. The van der Waals surface area contributed by atoms with E-state index >= 15 is 0 Å². The maximum atomic E-state index is 2.44. The zero-order chi connectivity index (χ0) is 6.85. The van der Waals surface area contributed by atoms with Crippen LogP contribution in [-0.2, 0) is 0 Å². The van der Waals surface area contributed by atoms with Gasteiger partial charge in [0.25, 0.3) is 0 Å². The number of hydrogen-bond acceptors (Lipinski definition) is 1. The Hall–Kier alpha value is -0.0400. The van der Waals surface area contributed by atoms with E-state index in [1.807, 2.05) is 0 Å². The van der Waals surface area contributed by atoms with Crippen molar-refractivity contribution in [2.75, 3.05) is 13.6 Å². The molecule has 0 bridgehead atoms. The number of likely N-dealkylation sites (tertiary alicyclic amines) is 1. The highest BCUT2D eigenvalue weighted by Crippen LogP contribution is 2.19. The standard InChI is InChI=1S/C8H17N/c1-7-4-5-9(3)8(2)6-7/h7-8H,4-6H2,1-3H3/t7-,8?/m1/s1. The minimum atomic E-state index is 0.814. The van der Waals surface area contributed by atoms with Crippen molar-refractivity contribution in [1.29, 1.82) is 0 Å². The van der Waals surface area contributed by atoms with E-state index in [0.29, 0.717) is 0 Å². The molecule has 0 aliphatic carbocycles. The van der Waals surface area contributed by atoms with Gasteiger partial charge >= 0.3 is 0 Å². The SMILES string of the molecule is CC1C[C@H](C)CCN1C. The highest BCUT2D eigenvalue weighted by Gasteiger charge is 2.18. The van der Waals surface area contributed by atoms with Gasteiger partial charge in [-0.1, -0.05) is 6.92 Å². The molecular formula is C8H17N. The summed E-state index contributed by atoms with van der Waals surface area (Å²) in [4.78, 5) is 2.44. The van der Waals surface area contributed by atoms with Crippen molar-refractivity contribution in [2.24, 2.45) is 5.92 Å². The molecule has 54 valence electrons. The van der Waals surface area contributed by atoms with Crippen LogP contribution in [0.2, 0.25) is 0 Å². The fourth-order valence-corrected chi connectivity index (χ4v) is 1.52. The van der Waals surface area contributed by atoms with Gasteiger partial charge in [-0.3, -0.25) is 0 Å². The molecule has 0 spiro atoms. The summed E-state index contributed by atoms with van der Waals surface area (Å²) in [7, 11) is 2.22. The van der Waals surface area contributed by atoms with Crippen LogP contribution >= 0.6 is 0 Å². The Bertz CT molecular complexity index is 90.6. The average Bonchev–Trinajstić information content (AvgIpc) is 1.80. The summed E-state index contributed by atoms with van der Waals surface area (Å²) < 4.78 is 0. The van der Waals surface area contributed by atoms with E-state index in [-0.39, 0.29) is 0 Å². The molecule has 0 radical (unpaired) electrons. The maximum absolute atomic E-state index is 2.44. The molecule has 2 atom stereocenters. The Labute approximate surface area is 58.0 Å². The van der Waals surface area contributed by atoms with E-state index in [2.05, 4.69) is 25.8 Å². The second-order valence-electron chi connectivity index (χ2n) is 3.46. The van der Waals surface area contributed by atoms with Crippen LogP contribution in [0, 0.1) is 5.92 Å². The van der Waals surface area contributed by atoms with E-state index in [9.17, 15) is 0 Å². The molecule has 1 rings (SSSR count). The molecule has 9 heavy (non-hydrogen) atoms. The largest absolute Gasteiger partial charge is 0.304 e. The van der Waals surface area contributed by atoms with Crippen LogP contribution in [0.25, 0.3) is 0 Å². The fraction of sp³-hybridized carbons (Fsp3) is 1.00. The van der Waals surface area contributed by atoms with Crippen molar-refractivity contribution in [1.82, 2.24) is 4.90 Å². The van der Waals surface area contributed by atoms with E-state index in [1.165, 1.54) is 19.4 Å². The first kappa shape index (κ1) is 7.07. The van der Waals surface area contributed by atoms with Crippen molar-refractivity contribution >= 4 is 0 Å². The maximum Gasteiger partial charge on any atom is 0.00664 e.